The van der Waals surface area contributed by atoms with E-state index in [1.54, 1.807) is 18.3 Å². The highest BCUT2D eigenvalue weighted by Gasteiger charge is 2.22. The van der Waals surface area contributed by atoms with Gasteiger partial charge in [0.15, 0.2) is 0 Å². The number of nitrogens with zero attached hydrogens (tertiary/aromatic N) is 3. The van der Waals surface area contributed by atoms with E-state index in [9.17, 15) is 9.18 Å². The minimum atomic E-state index is -0.307. The predicted octanol–water partition coefficient (Wildman–Crippen LogP) is 7.57. The molecule has 1 aromatic heterocycles. The fourth-order valence-corrected chi connectivity index (χ4v) is 5.30. The molecule has 1 fully saturated rings. The van der Waals surface area contributed by atoms with Gasteiger partial charge in [0.1, 0.15) is 24.0 Å². The lowest BCUT2D eigenvalue weighted by molar-refractivity contribution is 0.305. The van der Waals surface area contributed by atoms with Gasteiger partial charge in [0.25, 0.3) is 5.56 Å². The van der Waals surface area contributed by atoms with Crippen molar-refractivity contribution in [1.29, 1.82) is 0 Å². The summed E-state index contributed by atoms with van der Waals surface area (Å²) in [6, 6.07) is 17.4. The van der Waals surface area contributed by atoms with Gasteiger partial charge in [-0.3, -0.25) is 4.79 Å². The number of rotatable bonds is 6. The Hall–Kier alpha value is -2.84. The molecule has 36 heavy (non-hydrogen) atoms. The highest BCUT2D eigenvalue weighted by molar-refractivity contribution is 9.10. The van der Waals surface area contributed by atoms with E-state index >= 15 is 0 Å². The smallest absolute Gasteiger partial charge is 0.282 e. The van der Waals surface area contributed by atoms with Crippen LogP contribution in [-0.2, 0) is 6.61 Å². The summed E-state index contributed by atoms with van der Waals surface area (Å²) in [4.78, 5) is 18.5. The van der Waals surface area contributed by atoms with Crippen molar-refractivity contribution in [2.45, 2.75) is 44.6 Å². The van der Waals surface area contributed by atoms with Gasteiger partial charge in [-0.2, -0.15) is 9.78 Å². The van der Waals surface area contributed by atoms with Crippen LogP contribution in [0.25, 0.3) is 10.9 Å². The number of aromatic nitrogens is 2. The van der Waals surface area contributed by atoms with Gasteiger partial charge < -0.3 is 4.74 Å². The highest BCUT2D eigenvalue weighted by atomic mass is 79.9. The Morgan fingerprint density at radius 1 is 1.03 bits per heavy atom. The standard InChI is InChI=1S/C28H24Br2FN3O2/c29-21-10-12-26(36-17-18-5-4-8-23(31)13-18)20(14-21)16-32-34-27(19-6-2-1-3-7-19)33-25-11-9-22(30)15-24(25)28(34)35/h4-5,8-16,19H,1-3,6-7,17H2. The minimum Gasteiger partial charge on any atom is -0.488 e. The summed E-state index contributed by atoms with van der Waals surface area (Å²) in [6.07, 6.45) is 7.05. The van der Waals surface area contributed by atoms with Crippen molar-refractivity contribution in [2.75, 3.05) is 0 Å². The number of hydrogen-bond donors (Lipinski definition) is 0. The Bertz CT molecular complexity index is 1500. The summed E-state index contributed by atoms with van der Waals surface area (Å²) >= 11 is 6.97. The predicted molar refractivity (Wildman–Crippen MR) is 147 cm³/mol. The van der Waals surface area contributed by atoms with Gasteiger partial charge in [-0.15, -0.1) is 0 Å². The van der Waals surface area contributed by atoms with E-state index in [-0.39, 0.29) is 23.9 Å². The molecule has 8 heteroatoms. The molecule has 0 bridgehead atoms. The molecule has 0 atom stereocenters. The lowest BCUT2D eigenvalue weighted by atomic mass is 9.88. The first kappa shape index (κ1) is 24.8. The third kappa shape index (κ3) is 5.60. The van der Waals surface area contributed by atoms with Crippen LogP contribution in [0.5, 0.6) is 5.75 Å². The molecule has 1 saturated carbocycles. The molecular formula is C28H24Br2FN3O2. The lowest BCUT2D eigenvalue weighted by Gasteiger charge is -2.22. The molecule has 5 nitrogen and oxygen atoms in total. The molecule has 1 aliphatic rings. The minimum absolute atomic E-state index is 0.183. The Morgan fingerprint density at radius 2 is 1.81 bits per heavy atom. The first-order chi connectivity index (χ1) is 17.5. The van der Waals surface area contributed by atoms with Gasteiger partial charge in [0.2, 0.25) is 0 Å². The summed E-state index contributed by atoms with van der Waals surface area (Å²) in [5, 5.41) is 5.15. The topological polar surface area (TPSA) is 56.5 Å². The monoisotopic (exact) mass is 611 g/mol. The van der Waals surface area contributed by atoms with E-state index in [0.717, 1.165) is 40.2 Å². The zero-order valence-corrected chi connectivity index (χ0v) is 22.6. The highest BCUT2D eigenvalue weighted by Crippen LogP contribution is 2.32. The van der Waals surface area contributed by atoms with Crippen molar-refractivity contribution >= 4 is 49.0 Å². The first-order valence-corrected chi connectivity index (χ1v) is 13.5. The molecule has 1 heterocycles. The van der Waals surface area contributed by atoms with Gasteiger partial charge in [-0.25, -0.2) is 9.37 Å². The van der Waals surface area contributed by atoms with E-state index in [2.05, 4.69) is 37.0 Å². The van der Waals surface area contributed by atoms with E-state index in [4.69, 9.17) is 9.72 Å². The van der Waals surface area contributed by atoms with Crippen molar-refractivity contribution in [3.8, 4) is 5.75 Å². The van der Waals surface area contributed by atoms with E-state index in [0.29, 0.717) is 28.0 Å². The molecule has 1 aliphatic carbocycles. The third-order valence-electron chi connectivity index (χ3n) is 6.37. The number of hydrogen-bond acceptors (Lipinski definition) is 4. The molecule has 0 unspecified atom stereocenters. The molecule has 0 saturated heterocycles. The molecule has 0 spiro atoms. The number of halogens is 3. The molecule has 0 radical (unpaired) electrons. The normalized spacial score (nSPS) is 14.5. The maximum absolute atomic E-state index is 13.6. The number of benzene rings is 3. The van der Waals surface area contributed by atoms with Crippen LogP contribution in [0.4, 0.5) is 4.39 Å². The maximum Gasteiger partial charge on any atom is 0.282 e. The summed E-state index contributed by atoms with van der Waals surface area (Å²) in [7, 11) is 0. The molecule has 184 valence electrons. The van der Waals surface area contributed by atoms with Crippen molar-refractivity contribution in [3.63, 3.8) is 0 Å². The fourth-order valence-electron chi connectivity index (χ4n) is 4.56. The van der Waals surface area contributed by atoms with Crippen LogP contribution in [0.3, 0.4) is 0 Å². The number of fused-ring (bicyclic) bond motifs is 1. The molecular weight excluding hydrogens is 589 g/mol. The van der Waals surface area contributed by atoms with E-state index < -0.39 is 0 Å². The van der Waals surface area contributed by atoms with Gasteiger partial charge >= 0.3 is 0 Å². The Morgan fingerprint density at radius 3 is 2.61 bits per heavy atom. The zero-order chi connectivity index (χ0) is 25.1. The van der Waals surface area contributed by atoms with Crippen molar-refractivity contribution in [2.24, 2.45) is 5.10 Å². The number of ether oxygens (including phenoxy) is 1. The molecule has 4 aromatic rings. The van der Waals surface area contributed by atoms with Gasteiger partial charge in [0.05, 0.1) is 17.1 Å². The second-order valence-corrected chi connectivity index (χ2v) is 10.8. The van der Waals surface area contributed by atoms with Crippen molar-refractivity contribution in [1.82, 2.24) is 9.66 Å². The van der Waals surface area contributed by atoms with Crippen molar-refractivity contribution in [3.05, 3.63) is 103 Å². The summed E-state index contributed by atoms with van der Waals surface area (Å²) < 4.78 is 22.7. The zero-order valence-electron chi connectivity index (χ0n) is 19.5. The van der Waals surface area contributed by atoms with Gasteiger partial charge in [-0.1, -0.05) is 63.3 Å². The molecule has 0 amide bonds. The molecule has 0 N–H and O–H groups in total. The van der Waals surface area contributed by atoms with Crippen LogP contribution in [0.1, 0.15) is 55.0 Å². The average Bonchev–Trinajstić information content (AvgIpc) is 2.88. The largest absolute Gasteiger partial charge is 0.488 e. The fraction of sp³-hybridized carbons (Fsp3) is 0.250. The molecule has 0 aliphatic heterocycles. The van der Waals surface area contributed by atoms with Crippen LogP contribution in [0.2, 0.25) is 0 Å². The van der Waals surface area contributed by atoms with Crippen molar-refractivity contribution < 1.29 is 9.13 Å². The molecule has 5 rings (SSSR count). The Labute approximate surface area is 225 Å². The van der Waals surface area contributed by atoms with E-state index in [1.165, 1.54) is 23.2 Å². The second kappa shape index (κ2) is 11.0. The lowest BCUT2D eigenvalue weighted by Crippen LogP contribution is -2.25. The SMILES string of the molecule is O=c1c2cc(Br)ccc2nc(C2CCCCC2)n1N=Cc1cc(Br)ccc1OCc1cccc(F)c1. The summed E-state index contributed by atoms with van der Waals surface area (Å²) in [5.41, 5.74) is 1.89. The van der Waals surface area contributed by atoms with Crippen LogP contribution in [0.15, 0.2) is 79.5 Å². The third-order valence-corrected chi connectivity index (χ3v) is 7.36. The van der Waals surface area contributed by atoms with Crippen LogP contribution < -0.4 is 10.3 Å². The quantitative estimate of drug-likeness (QED) is 0.211. The van der Waals surface area contributed by atoms with E-state index in [1.807, 2.05) is 36.4 Å². The van der Waals surface area contributed by atoms with Gasteiger partial charge in [-0.05, 0) is 66.9 Å². The first-order valence-electron chi connectivity index (χ1n) is 11.9. The molecule has 3 aromatic carbocycles. The maximum atomic E-state index is 13.6. The average molecular weight is 613 g/mol. The van der Waals surface area contributed by atoms with Gasteiger partial charge in [0, 0.05) is 20.4 Å². The van der Waals surface area contributed by atoms with Crippen LogP contribution >= 0.6 is 31.9 Å². The Balaban J connectivity index is 1.54. The summed E-state index contributed by atoms with van der Waals surface area (Å²) in [6.45, 7) is 0.207. The summed E-state index contributed by atoms with van der Waals surface area (Å²) in [5.74, 6) is 1.15. The van der Waals surface area contributed by atoms with Crippen LogP contribution in [-0.4, -0.2) is 15.9 Å². The second-order valence-electron chi connectivity index (χ2n) is 8.93. The van der Waals surface area contributed by atoms with Crippen LogP contribution in [0, 0.1) is 5.82 Å². The Kier molecular flexibility index (Phi) is 7.62.